The van der Waals surface area contributed by atoms with Gasteiger partial charge in [-0.15, -0.1) is 11.3 Å². The number of thiazole rings is 1. The lowest BCUT2D eigenvalue weighted by Crippen LogP contribution is -2.64. The molecular formula is C45H53N6O7SSi2. The maximum absolute atomic E-state index is 15.2. The van der Waals surface area contributed by atoms with Gasteiger partial charge in [-0.2, -0.15) is 0 Å². The number of methoxy groups -OCH3 is 2. The lowest BCUT2D eigenvalue weighted by molar-refractivity contribution is -0.166. The Hall–Kier alpha value is -4.23. The molecule has 3 aromatic heterocycles. The van der Waals surface area contributed by atoms with Crippen molar-refractivity contribution in [3.05, 3.63) is 58.2 Å². The number of piperidine rings is 1. The number of cyclic esters (lactones) is 1. The number of nitrogens with one attached hydrogen (secondary N) is 1. The number of hydrogen-bond donors (Lipinski definition) is 1. The Labute approximate surface area is 366 Å². The molecule has 1 aliphatic carbocycles. The third-order valence-corrected chi connectivity index (χ3v) is 16.9. The molecule has 2 amide bonds. The first-order chi connectivity index (χ1) is 29.2. The zero-order valence-electron chi connectivity index (χ0n) is 35.7. The summed E-state index contributed by atoms with van der Waals surface area (Å²) < 4.78 is 19.5. The Morgan fingerprint density at radius 1 is 1.13 bits per heavy atom. The summed E-state index contributed by atoms with van der Waals surface area (Å²) in [4.78, 5) is 68.2. The van der Waals surface area contributed by atoms with Crippen LogP contribution in [0.5, 0.6) is 0 Å². The first-order valence-corrected chi connectivity index (χ1v) is 24.0. The Balaban J connectivity index is 1.16. The SMILES string of the molecule is CCn1c(-c2cccnc2[C@@](C)([Si])OC)c2c3cc(ccc31)-c1csc(n1)C[C@]1(C(=O)N3CCC[C@H](N3)C(=O)OCC(C)(C)C2)C2[Si]C2C1C(=O)[C@H]1CCCN(C(=O)OC)C1. The highest BCUT2D eigenvalue weighted by atomic mass is 32.1. The maximum Gasteiger partial charge on any atom is 0.409 e. The number of nitrogens with zero attached hydrogens (tertiary/aromatic N) is 5. The molecule has 4 fully saturated rings. The van der Waals surface area contributed by atoms with Crippen molar-refractivity contribution < 1.29 is 33.4 Å². The second kappa shape index (κ2) is 15.8. The number of aryl methyl sites for hydroxylation is 1. The summed E-state index contributed by atoms with van der Waals surface area (Å²) >= 11 is 1.53. The fraction of sp³-hybridized carbons (Fsp3) is 0.556. The van der Waals surface area contributed by atoms with Crippen molar-refractivity contribution in [3.63, 3.8) is 0 Å². The molecule has 9 rings (SSSR count). The van der Waals surface area contributed by atoms with Gasteiger partial charge in [-0.05, 0) is 86.9 Å². The molecule has 3 unspecified atom stereocenters. The molecule has 61 heavy (non-hydrogen) atoms. The monoisotopic (exact) mass is 877 g/mol. The number of benzene rings is 1. The predicted molar refractivity (Wildman–Crippen MR) is 233 cm³/mol. The standard InChI is InChI=1S/C45H53N6O7SSi2/c1-7-50-32-15-14-25-19-28(32)29(35(50)27-12-8-16-46-38(27)44(4,60)57-6)20-43(2,3)24-58-40(53)30-13-10-18-51(48-30)41(54)45(21-33-47-31(25)23-59-33)34(37-39(45)61-37)36(52)26-11-9-17-49(22-26)42(55)56-5/h8,12,14-16,19,23,26,30,34,37,39,48H,7,9-11,13,17-18,20-22,24H2,1-6H3/t26-,30-,34?,37?,39?,44+,45+/m0/s1. The average molecular weight is 878 g/mol. The first-order valence-electron chi connectivity index (χ1n) is 21.4. The second-order valence-corrected chi connectivity index (χ2v) is 21.8. The molecule has 5 aliphatic rings. The molecule has 16 heteroatoms. The van der Waals surface area contributed by atoms with E-state index >= 15 is 4.79 Å². The van der Waals surface area contributed by atoms with E-state index in [0.29, 0.717) is 67.7 Å². The van der Waals surface area contributed by atoms with E-state index in [2.05, 4.69) is 70.7 Å². The van der Waals surface area contributed by atoms with E-state index in [9.17, 15) is 14.4 Å². The Kier molecular flexibility index (Phi) is 10.9. The Morgan fingerprint density at radius 3 is 2.70 bits per heavy atom. The van der Waals surface area contributed by atoms with Crippen LogP contribution in [0, 0.1) is 22.7 Å². The van der Waals surface area contributed by atoms with Crippen LogP contribution in [-0.2, 0) is 53.2 Å². The summed E-state index contributed by atoms with van der Waals surface area (Å²) in [6.45, 7) is 10.4. The van der Waals surface area contributed by atoms with Crippen molar-refractivity contribution in [3.8, 4) is 22.5 Å². The molecule has 1 saturated carbocycles. The van der Waals surface area contributed by atoms with Crippen LogP contribution >= 0.6 is 11.3 Å². The number of ether oxygens (including phenoxy) is 3. The minimum absolute atomic E-state index is 0.0546. The molecule has 319 valence electrons. The van der Waals surface area contributed by atoms with E-state index in [1.54, 1.807) is 23.2 Å². The van der Waals surface area contributed by atoms with Gasteiger partial charge in [0, 0.05) is 100 Å². The van der Waals surface area contributed by atoms with Crippen LogP contribution in [0.3, 0.4) is 0 Å². The number of Topliss-reactive ketones (excluding diaryl/α,β-unsaturated/α-hetero) is 1. The molecule has 1 spiro atoms. The fourth-order valence-corrected chi connectivity index (χ4v) is 13.8. The van der Waals surface area contributed by atoms with E-state index in [1.165, 1.54) is 18.4 Å². The van der Waals surface area contributed by atoms with Gasteiger partial charge in [-0.1, -0.05) is 19.9 Å². The van der Waals surface area contributed by atoms with Gasteiger partial charge < -0.3 is 23.7 Å². The van der Waals surface area contributed by atoms with Gasteiger partial charge in [0.25, 0.3) is 0 Å². The number of fused-ring (bicyclic) bond motifs is 8. The third kappa shape index (κ3) is 7.19. The normalized spacial score (nSPS) is 28.3. The summed E-state index contributed by atoms with van der Waals surface area (Å²) in [6.07, 6.45) is 4.77. The summed E-state index contributed by atoms with van der Waals surface area (Å²) in [5, 5.41) is 4.70. The molecular weight excluding hydrogens is 825 g/mol. The first kappa shape index (κ1) is 42.1. The van der Waals surface area contributed by atoms with E-state index in [-0.39, 0.29) is 41.8 Å². The van der Waals surface area contributed by atoms with Crippen molar-refractivity contribution in [2.75, 3.05) is 40.5 Å². The van der Waals surface area contributed by atoms with Gasteiger partial charge in [0.2, 0.25) is 5.91 Å². The van der Waals surface area contributed by atoms with Crippen LogP contribution in [0.15, 0.2) is 41.9 Å². The van der Waals surface area contributed by atoms with Crippen LogP contribution in [0.2, 0.25) is 11.1 Å². The van der Waals surface area contributed by atoms with Crippen LogP contribution < -0.4 is 5.43 Å². The number of hydrazine groups is 1. The minimum atomic E-state index is -1.01. The number of likely N-dealkylation sites (tertiary alicyclic amines) is 1. The van der Waals surface area contributed by atoms with Gasteiger partial charge >= 0.3 is 12.1 Å². The number of carbonyl (C=O) groups is 4. The van der Waals surface area contributed by atoms with E-state index in [4.69, 9.17) is 24.2 Å². The summed E-state index contributed by atoms with van der Waals surface area (Å²) in [6, 6.07) is 9.82. The number of rotatable bonds is 6. The Bertz CT molecular complexity index is 2420. The van der Waals surface area contributed by atoms with E-state index < -0.39 is 40.1 Å². The summed E-state index contributed by atoms with van der Waals surface area (Å²) in [5.74, 6) is -1.36. The summed E-state index contributed by atoms with van der Waals surface area (Å²) in [7, 11) is 7.37. The van der Waals surface area contributed by atoms with E-state index in [1.807, 2.05) is 13.0 Å². The third-order valence-electron chi connectivity index (χ3n) is 13.7. The fourth-order valence-electron chi connectivity index (χ4n) is 10.6. The second-order valence-electron chi connectivity index (χ2n) is 18.3. The summed E-state index contributed by atoms with van der Waals surface area (Å²) in [5.41, 5.74) is 8.67. The lowest BCUT2D eigenvalue weighted by atomic mass is 9.54. The van der Waals surface area contributed by atoms with Crippen molar-refractivity contribution in [2.24, 2.45) is 22.7 Å². The predicted octanol–water partition coefficient (Wildman–Crippen LogP) is 5.96. The maximum atomic E-state index is 15.2. The molecule has 7 heterocycles. The number of hydrogen-bond acceptors (Lipinski definition) is 11. The molecule has 5 radical (unpaired) electrons. The van der Waals surface area contributed by atoms with Gasteiger partial charge in [0.1, 0.15) is 11.8 Å². The van der Waals surface area contributed by atoms with Crippen molar-refractivity contribution in [1.82, 2.24) is 29.9 Å². The molecule has 4 aromatic rings. The number of amides is 2. The highest BCUT2D eigenvalue weighted by Gasteiger charge is 2.77. The number of pyridine rings is 1. The largest absolute Gasteiger partial charge is 0.464 e. The molecule has 6 bridgehead atoms. The van der Waals surface area contributed by atoms with Crippen LogP contribution in [0.4, 0.5) is 4.79 Å². The zero-order chi connectivity index (χ0) is 43.0. The van der Waals surface area contributed by atoms with Gasteiger partial charge in [-0.25, -0.2) is 15.2 Å². The number of esters is 1. The minimum Gasteiger partial charge on any atom is -0.464 e. The quantitative estimate of drug-likeness (QED) is 0.182. The average Bonchev–Trinajstić information content (AvgIpc) is 3.67. The highest BCUT2D eigenvalue weighted by molar-refractivity contribution is 7.10. The van der Waals surface area contributed by atoms with Crippen LogP contribution in [0.1, 0.15) is 69.6 Å². The van der Waals surface area contributed by atoms with Gasteiger partial charge in [0.15, 0.2) is 0 Å². The van der Waals surface area contributed by atoms with E-state index in [0.717, 1.165) is 49.7 Å². The molecule has 1 aromatic carbocycles. The smallest absolute Gasteiger partial charge is 0.409 e. The molecule has 13 nitrogen and oxygen atoms in total. The molecule has 1 N–H and O–H groups in total. The van der Waals surface area contributed by atoms with Crippen molar-refractivity contribution >= 4 is 65.8 Å². The number of aromatic nitrogens is 3. The molecule has 7 atom stereocenters. The van der Waals surface area contributed by atoms with Crippen molar-refractivity contribution in [2.45, 2.75) is 95.1 Å². The number of carbonyl (C=O) groups excluding carboxylic acids is 4. The molecule has 3 saturated heterocycles. The van der Waals surface area contributed by atoms with Crippen molar-refractivity contribution in [1.29, 1.82) is 0 Å². The van der Waals surface area contributed by atoms with Gasteiger partial charge in [-0.3, -0.25) is 24.4 Å². The van der Waals surface area contributed by atoms with Crippen LogP contribution in [-0.4, -0.2) is 114 Å². The number of ketones is 1. The molecule has 4 aliphatic heterocycles. The highest BCUT2D eigenvalue weighted by Crippen LogP contribution is 2.77. The van der Waals surface area contributed by atoms with Gasteiger partial charge in [0.05, 0.1) is 56.7 Å². The lowest BCUT2D eigenvalue weighted by Gasteiger charge is -2.51. The van der Waals surface area contributed by atoms with Crippen LogP contribution in [0.25, 0.3) is 33.4 Å². The zero-order valence-corrected chi connectivity index (χ0v) is 38.5. The Morgan fingerprint density at radius 2 is 1.93 bits per heavy atom. The topological polar surface area (TPSA) is 145 Å².